The molecule has 0 aliphatic heterocycles. The molecule has 1 fully saturated rings. The van der Waals surface area contributed by atoms with Gasteiger partial charge in [0.2, 0.25) is 0 Å². The molecule has 0 bridgehead atoms. The van der Waals surface area contributed by atoms with Crippen LogP contribution in [-0.4, -0.2) is 22.4 Å². The van der Waals surface area contributed by atoms with Crippen LogP contribution in [0.15, 0.2) is 0 Å². The van der Waals surface area contributed by atoms with Crippen LogP contribution in [0.3, 0.4) is 0 Å². The molecule has 0 aromatic rings. The van der Waals surface area contributed by atoms with E-state index in [9.17, 15) is 5.11 Å². The van der Waals surface area contributed by atoms with Gasteiger partial charge in [-0.3, -0.25) is 0 Å². The van der Waals surface area contributed by atoms with Gasteiger partial charge in [-0.2, -0.15) is 0 Å². The van der Waals surface area contributed by atoms with E-state index < -0.39 is 5.60 Å². The third-order valence-electron chi connectivity index (χ3n) is 4.79. The van der Waals surface area contributed by atoms with Crippen molar-refractivity contribution in [1.29, 1.82) is 0 Å². The van der Waals surface area contributed by atoms with Crippen molar-refractivity contribution in [2.45, 2.75) is 96.0 Å². The van der Waals surface area contributed by atoms with Gasteiger partial charge in [0.15, 0.2) is 0 Å². The van der Waals surface area contributed by atoms with E-state index in [0.717, 1.165) is 32.1 Å². The first-order chi connectivity index (χ1) is 9.20. The van der Waals surface area contributed by atoms with E-state index in [4.69, 9.17) is 5.11 Å². The Morgan fingerprint density at radius 3 is 1.95 bits per heavy atom. The van der Waals surface area contributed by atoms with Crippen LogP contribution in [0.25, 0.3) is 0 Å². The fourth-order valence-electron chi connectivity index (χ4n) is 3.24. The highest BCUT2D eigenvalue weighted by Gasteiger charge is 2.32. The Hall–Kier alpha value is -0.0800. The summed E-state index contributed by atoms with van der Waals surface area (Å²) in [7, 11) is 0. The molecule has 2 heteroatoms. The topological polar surface area (TPSA) is 40.5 Å². The maximum Gasteiger partial charge on any atom is 0.0648 e. The molecular formula is C17H34O2. The van der Waals surface area contributed by atoms with E-state index in [2.05, 4.69) is 6.92 Å². The van der Waals surface area contributed by atoms with Gasteiger partial charge in [-0.1, -0.05) is 58.3 Å². The number of aliphatic hydroxyl groups is 2. The van der Waals surface area contributed by atoms with Crippen LogP contribution >= 0.6 is 0 Å². The van der Waals surface area contributed by atoms with Crippen LogP contribution in [0.5, 0.6) is 0 Å². The third kappa shape index (κ3) is 7.31. The lowest BCUT2D eigenvalue weighted by atomic mass is 9.76. The fraction of sp³-hybridized carbons (Fsp3) is 1.00. The summed E-state index contributed by atoms with van der Waals surface area (Å²) < 4.78 is 0. The van der Waals surface area contributed by atoms with Gasteiger partial charge >= 0.3 is 0 Å². The van der Waals surface area contributed by atoms with Crippen LogP contribution in [0.2, 0.25) is 0 Å². The van der Waals surface area contributed by atoms with Crippen LogP contribution in [0.4, 0.5) is 0 Å². The molecular weight excluding hydrogens is 236 g/mol. The van der Waals surface area contributed by atoms with Crippen LogP contribution < -0.4 is 0 Å². The molecule has 1 saturated carbocycles. The van der Waals surface area contributed by atoms with Crippen molar-refractivity contribution in [3.05, 3.63) is 0 Å². The van der Waals surface area contributed by atoms with E-state index in [-0.39, 0.29) is 0 Å². The zero-order chi connectivity index (χ0) is 14.0. The van der Waals surface area contributed by atoms with Gasteiger partial charge in [0.1, 0.15) is 0 Å². The second-order valence-electron chi connectivity index (χ2n) is 6.58. The van der Waals surface area contributed by atoms with Crippen molar-refractivity contribution >= 4 is 0 Å². The molecule has 0 aromatic heterocycles. The highest BCUT2D eigenvalue weighted by Crippen LogP contribution is 2.35. The Balaban J connectivity index is 1.97. The van der Waals surface area contributed by atoms with Crippen molar-refractivity contribution in [2.24, 2.45) is 5.92 Å². The molecule has 1 rings (SSSR count). The molecule has 0 aromatic carbocycles. The summed E-state index contributed by atoms with van der Waals surface area (Å²) in [6.07, 6.45) is 15.4. The van der Waals surface area contributed by atoms with Crippen molar-refractivity contribution in [1.82, 2.24) is 0 Å². The third-order valence-corrected chi connectivity index (χ3v) is 4.79. The lowest BCUT2D eigenvalue weighted by Gasteiger charge is -2.35. The molecule has 0 spiro atoms. The maximum absolute atomic E-state index is 10.5. The lowest BCUT2D eigenvalue weighted by molar-refractivity contribution is -0.0248. The Bertz CT molecular complexity index is 207. The highest BCUT2D eigenvalue weighted by molar-refractivity contribution is 4.85. The Morgan fingerprint density at radius 2 is 1.42 bits per heavy atom. The monoisotopic (exact) mass is 270 g/mol. The van der Waals surface area contributed by atoms with E-state index in [1.165, 1.54) is 51.4 Å². The van der Waals surface area contributed by atoms with Crippen molar-refractivity contribution in [3.8, 4) is 0 Å². The number of hydrogen-bond acceptors (Lipinski definition) is 2. The summed E-state index contributed by atoms with van der Waals surface area (Å²) in [6, 6.07) is 0. The average molecular weight is 270 g/mol. The first-order valence-corrected chi connectivity index (χ1v) is 8.53. The predicted octanol–water partition coefficient (Wildman–Crippen LogP) is 4.43. The predicted molar refractivity (Wildman–Crippen MR) is 81.2 cm³/mol. The van der Waals surface area contributed by atoms with Gasteiger partial charge in [-0.05, 0) is 38.0 Å². The number of rotatable bonds is 10. The van der Waals surface area contributed by atoms with Gasteiger partial charge in [0, 0.05) is 6.61 Å². The minimum atomic E-state index is -0.409. The van der Waals surface area contributed by atoms with Crippen LogP contribution in [0, 0.1) is 5.92 Å². The molecule has 1 aliphatic rings. The standard InChI is InChI=1S/C17H34O2/c1-2-3-4-5-6-7-8-9-12-17(19)13-10-16(15-18)11-14-17/h16,18-19H,2-15H2,1H3. The van der Waals surface area contributed by atoms with E-state index >= 15 is 0 Å². The Kier molecular flexibility index (Phi) is 8.72. The normalized spacial score (nSPS) is 27.6. The second-order valence-corrected chi connectivity index (χ2v) is 6.58. The van der Waals surface area contributed by atoms with Crippen LogP contribution in [-0.2, 0) is 0 Å². The summed E-state index contributed by atoms with van der Waals surface area (Å²) in [5.74, 6) is 0.443. The van der Waals surface area contributed by atoms with Crippen molar-refractivity contribution < 1.29 is 10.2 Å². The molecule has 0 amide bonds. The molecule has 2 N–H and O–H groups in total. The quantitative estimate of drug-likeness (QED) is 0.576. The van der Waals surface area contributed by atoms with E-state index in [1.807, 2.05) is 0 Å². The van der Waals surface area contributed by atoms with Crippen molar-refractivity contribution in [3.63, 3.8) is 0 Å². The van der Waals surface area contributed by atoms with Gasteiger partial charge in [0.25, 0.3) is 0 Å². The number of unbranched alkanes of at least 4 members (excludes halogenated alkanes) is 7. The van der Waals surface area contributed by atoms with Crippen LogP contribution in [0.1, 0.15) is 90.4 Å². The summed E-state index contributed by atoms with van der Waals surface area (Å²) in [5.41, 5.74) is -0.409. The molecule has 0 heterocycles. The summed E-state index contributed by atoms with van der Waals surface area (Å²) in [5, 5.41) is 19.6. The van der Waals surface area contributed by atoms with E-state index in [1.54, 1.807) is 0 Å². The summed E-state index contributed by atoms with van der Waals surface area (Å²) >= 11 is 0. The molecule has 2 nitrogen and oxygen atoms in total. The Morgan fingerprint density at radius 1 is 0.895 bits per heavy atom. The zero-order valence-electron chi connectivity index (χ0n) is 12.9. The van der Waals surface area contributed by atoms with E-state index in [0.29, 0.717) is 12.5 Å². The maximum atomic E-state index is 10.5. The van der Waals surface area contributed by atoms with Gasteiger partial charge < -0.3 is 10.2 Å². The largest absolute Gasteiger partial charge is 0.396 e. The molecule has 0 saturated heterocycles. The fourth-order valence-corrected chi connectivity index (χ4v) is 3.24. The van der Waals surface area contributed by atoms with Crippen molar-refractivity contribution in [2.75, 3.05) is 6.61 Å². The van der Waals surface area contributed by atoms with Gasteiger partial charge in [0.05, 0.1) is 5.60 Å². The second kappa shape index (κ2) is 9.77. The lowest BCUT2D eigenvalue weighted by Crippen LogP contribution is -2.34. The minimum Gasteiger partial charge on any atom is -0.396 e. The SMILES string of the molecule is CCCCCCCCCCC1(O)CCC(CO)CC1. The molecule has 0 unspecified atom stereocenters. The number of hydrogen-bond donors (Lipinski definition) is 2. The summed E-state index contributed by atoms with van der Waals surface area (Å²) in [4.78, 5) is 0. The molecule has 114 valence electrons. The molecule has 1 aliphatic carbocycles. The molecule has 0 atom stereocenters. The first kappa shape index (κ1) is 17.0. The first-order valence-electron chi connectivity index (χ1n) is 8.53. The Labute approximate surface area is 119 Å². The smallest absolute Gasteiger partial charge is 0.0648 e. The highest BCUT2D eigenvalue weighted by atomic mass is 16.3. The molecule has 0 radical (unpaired) electrons. The summed E-state index contributed by atoms with van der Waals surface area (Å²) in [6.45, 7) is 2.56. The van der Waals surface area contributed by atoms with Gasteiger partial charge in [-0.25, -0.2) is 0 Å². The average Bonchev–Trinajstić information content (AvgIpc) is 2.43. The minimum absolute atomic E-state index is 0.299. The number of aliphatic hydroxyl groups excluding tert-OH is 1. The molecule has 19 heavy (non-hydrogen) atoms. The zero-order valence-corrected chi connectivity index (χ0v) is 12.9. The van der Waals surface area contributed by atoms with Gasteiger partial charge in [-0.15, -0.1) is 0 Å².